The first-order chi connectivity index (χ1) is 18.5. The second-order valence-corrected chi connectivity index (χ2v) is 10.6. The Balaban J connectivity index is 0.000000190. The van der Waals surface area contributed by atoms with E-state index in [1.807, 2.05) is 30.3 Å². The molecule has 5 aromatic rings. The number of unbranched alkanes of at least 4 members (excludes halogenated alkanes) is 3. The number of carboxylic acids is 1. The first-order valence-electron chi connectivity index (χ1n) is 14.0. The quantitative estimate of drug-likeness (QED) is 0.180. The van der Waals surface area contributed by atoms with E-state index in [1.165, 1.54) is 70.3 Å². The summed E-state index contributed by atoms with van der Waals surface area (Å²) in [6.45, 7) is 2.28. The number of nitrogens with two attached hydrogens (primary N) is 1. The van der Waals surface area contributed by atoms with Gasteiger partial charge in [-0.15, -0.1) is 0 Å². The summed E-state index contributed by atoms with van der Waals surface area (Å²) in [6.07, 6.45) is 9.75. The molecule has 194 valence electrons. The molecule has 38 heavy (non-hydrogen) atoms. The fourth-order valence-corrected chi connectivity index (χ4v) is 5.83. The molecule has 0 radical (unpaired) electrons. The highest BCUT2D eigenvalue weighted by Gasteiger charge is 2.18. The summed E-state index contributed by atoms with van der Waals surface area (Å²) >= 11 is 0. The number of carbonyl (C=O) groups is 1. The largest absolute Gasteiger partial charge is 0.478 e. The maximum atomic E-state index is 10.6. The molecule has 3 heteroatoms. The van der Waals surface area contributed by atoms with E-state index in [-0.39, 0.29) is 0 Å². The Bertz CT molecular complexity index is 1590. The Morgan fingerprint density at radius 2 is 1.58 bits per heavy atom. The van der Waals surface area contributed by atoms with Crippen LogP contribution in [0.4, 0.5) is 0 Å². The number of hydrogen-bond acceptors (Lipinski definition) is 2. The lowest BCUT2D eigenvalue weighted by Gasteiger charge is -2.23. The maximum absolute atomic E-state index is 10.6. The lowest BCUT2D eigenvalue weighted by molar-refractivity contribution is 0.0697. The summed E-state index contributed by atoms with van der Waals surface area (Å²) in [4.78, 5) is 10.6. The van der Waals surface area contributed by atoms with Gasteiger partial charge in [-0.2, -0.15) is 0 Å². The molecular formula is C35H37NO2. The molecule has 5 aromatic carbocycles. The molecule has 1 atom stereocenters. The minimum atomic E-state index is -0.884. The highest BCUT2D eigenvalue weighted by Crippen LogP contribution is 2.34. The first-order valence-corrected chi connectivity index (χ1v) is 14.0. The van der Waals surface area contributed by atoms with Crippen molar-refractivity contribution in [2.75, 3.05) is 0 Å². The van der Waals surface area contributed by atoms with Crippen LogP contribution in [0.25, 0.3) is 32.3 Å². The van der Waals surface area contributed by atoms with Gasteiger partial charge in [0.05, 0.1) is 5.56 Å². The van der Waals surface area contributed by atoms with Crippen molar-refractivity contribution < 1.29 is 9.90 Å². The molecule has 0 saturated heterocycles. The van der Waals surface area contributed by atoms with Crippen LogP contribution in [0.2, 0.25) is 0 Å². The fraction of sp³-hybridized carbons (Fsp3) is 0.286. The molecular weight excluding hydrogens is 466 g/mol. The Morgan fingerprint density at radius 3 is 2.39 bits per heavy atom. The van der Waals surface area contributed by atoms with Crippen LogP contribution in [0.15, 0.2) is 84.9 Å². The van der Waals surface area contributed by atoms with Crippen LogP contribution in [0.1, 0.15) is 66.1 Å². The zero-order valence-corrected chi connectivity index (χ0v) is 22.2. The van der Waals surface area contributed by atoms with E-state index in [4.69, 9.17) is 10.8 Å². The van der Waals surface area contributed by atoms with Crippen molar-refractivity contribution in [3.05, 3.63) is 107 Å². The predicted octanol–water partition coefficient (Wildman–Crippen LogP) is 8.47. The van der Waals surface area contributed by atoms with E-state index >= 15 is 0 Å². The van der Waals surface area contributed by atoms with Gasteiger partial charge in [-0.25, -0.2) is 4.79 Å². The van der Waals surface area contributed by atoms with Gasteiger partial charge >= 0.3 is 5.97 Å². The van der Waals surface area contributed by atoms with Gasteiger partial charge in [0.2, 0.25) is 0 Å². The number of hydrogen-bond donors (Lipinski definition) is 2. The number of benzene rings is 5. The van der Waals surface area contributed by atoms with Crippen molar-refractivity contribution in [3.8, 4) is 0 Å². The average molecular weight is 504 g/mol. The molecule has 0 heterocycles. The van der Waals surface area contributed by atoms with Crippen molar-refractivity contribution in [1.29, 1.82) is 0 Å². The van der Waals surface area contributed by atoms with E-state index < -0.39 is 5.97 Å². The minimum absolute atomic E-state index is 0.332. The summed E-state index contributed by atoms with van der Waals surface area (Å²) in [6, 6.07) is 29.4. The number of rotatable bonds is 6. The monoisotopic (exact) mass is 503 g/mol. The number of aromatic carboxylic acids is 1. The standard InChI is InChI=1S/C24H29N.C11H8O2/c1-2-3-4-5-7-17-8-6-9-22-20(17)14-15-23-21-13-11-19(25)16-18(21)10-12-24(22)23;12-11(13)10-6-5-8-3-1-2-4-9(8)7-10/h6,8-10,12,14-15,19H,2-5,7,11,13,16,25H2,1H3;1-7H,(H,12,13). The van der Waals surface area contributed by atoms with Gasteiger partial charge in [-0.3, -0.25) is 0 Å². The zero-order valence-electron chi connectivity index (χ0n) is 22.2. The van der Waals surface area contributed by atoms with Crippen LogP contribution in [0, 0.1) is 0 Å². The fourth-order valence-electron chi connectivity index (χ4n) is 5.83. The molecule has 0 spiro atoms. The second-order valence-electron chi connectivity index (χ2n) is 10.6. The first kappa shape index (κ1) is 25.9. The SMILES string of the molecule is CCCCCCc1cccc2c1ccc1c3c(ccc12)CC(N)CC3.O=C(O)c1ccc2ccccc2c1. The molecule has 3 nitrogen and oxygen atoms in total. The Hall–Kier alpha value is -3.69. The predicted molar refractivity (Wildman–Crippen MR) is 160 cm³/mol. The summed E-state index contributed by atoms with van der Waals surface area (Å²) in [5, 5.41) is 16.5. The average Bonchev–Trinajstić information content (AvgIpc) is 2.94. The van der Waals surface area contributed by atoms with Crippen LogP contribution in [0.3, 0.4) is 0 Å². The van der Waals surface area contributed by atoms with Gasteiger partial charge in [0.15, 0.2) is 0 Å². The van der Waals surface area contributed by atoms with Gasteiger partial charge in [-0.1, -0.05) is 99.0 Å². The zero-order chi connectivity index (χ0) is 26.5. The summed E-state index contributed by atoms with van der Waals surface area (Å²) in [5.74, 6) is -0.884. The molecule has 1 unspecified atom stereocenters. The molecule has 1 aliphatic carbocycles. The van der Waals surface area contributed by atoms with Gasteiger partial charge in [0.1, 0.15) is 0 Å². The van der Waals surface area contributed by atoms with Crippen molar-refractivity contribution in [2.24, 2.45) is 5.73 Å². The molecule has 0 saturated carbocycles. The lowest BCUT2D eigenvalue weighted by atomic mass is 9.84. The maximum Gasteiger partial charge on any atom is 0.335 e. The molecule has 0 bridgehead atoms. The highest BCUT2D eigenvalue weighted by molar-refractivity contribution is 6.09. The molecule has 1 aliphatic rings. The lowest BCUT2D eigenvalue weighted by Crippen LogP contribution is -2.27. The molecule has 0 amide bonds. The summed E-state index contributed by atoms with van der Waals surface area (Å²) in [7, 11) is 0. The number of fused-ring (bicyclic) bond motifs is 6. The van der Waals surface area contributed by atoms with E-state index in [0.29, 0.717) is 11.6 Å². The molecule has 6 rings (SSSR count). The molecule has 0 fully saturated rings. The van der Waals surface area contributed by atoms with Crippen LogP contribution in [0.5, 0.6) is 0 Å². The Morgan fingerprint density at radius 1 is 0.816 bits per heavy atom. The normalized spacial score (nSPS) is 14.7. The summed E-state index contributed by atoms with van der Waals surface area (Å²) < 4.78 is 0. The Kier molecular flexibility index (Phi) is 8.05. The topological polar surface area (TPSA) is 63.3 Å². The van der Waals surface area contributed by atoms with Gasteiger partial charge in [0, 0.05) is 6.04 Å². The summed E-state index contributed by atoms with van der Waals surface area (Å²) in [5.41, 5.74) is 11.0. The van der Waals surface area contributed by atoms with Crippen LogP contribution in [-0.2, 0) is 19.3 Å². The van der Waals surface area contributed by atoms with E-state index in [1.54, 1.807) is 12.1 Å². The van der Waals surface area contributed by atoms with Gasteiger partial charge in [0.25, 0.3) is 0 Å². The third-order valence-corrected chi connectivity index (χ3v) is 7.90. The third-order valence-electron chi connectivity index (χ3n) is 7.90. The smallest absolute Gasteiger partial charge is 0.335 e. The molecule has 3 N–H and O–H groups in total. The van der Waals surface area contributed by atoms with Crippen LogP contribution >= 0.6 is 0 Å². The second kappa shape index (κ2) is 11.8. The van der Waals surface area contributed by atoms with Gasteiger partial charge in [-0.05, 0) is 93.2 Å². The number of aryl methyl sites for hydroxylation is 2. The van der Waals surface area contributed by atoms with Crippen molar-refractivity contribution >= 4 is 38.3 Å². The molecule has 0 aliphatic heterocycles. The third kappa shape index (κ3) is 5.58. The Labute approximate surface area is 225 Å². The van der Waals surface area contributed by atoms with Crippen LogP contribution < -0.4 is 5.73 Å². The molecule has 0 aromatic heterocycles. The highest BCUT2D eigenvalue weighted by atomic mass is 16.4. The van der Waals surface area contributed by atoms with Crippen molar-refractivity contribution in [2.45, 2.75) is 64.3 Å². The number of carboxylic acid groups (broad SMARTS) is 1. The van der Waals surface area contributed by atoms with Gasteiger partial charge < -0.3 is 10.8 Å². The van der Waals surface area contributed by atoms with E-state index in [2.05, 4.69) is 49.4 Å². The van der Waals surface area contributed by atoms with E-state index in [0.717, 1.165) is 30.0 Å². The van der Waals surface area contributed by atoms with Crippen molar-refractivity contribution in [1.82, 2.24) is 0 Å². The van der Waals surface area contributed by atoms with Crippen LogP contribution in [-0.4, -0.2) is 17.1 Å². The van der Waals surface area contributed by atoms with E-state index in [9.17, 15) is 4.79 Å². The van der Waals surface area contributed by atoms with Crippen molar-refractivity contribution in [3.63, 3.8) is 0 Å². The minimum Gasteiger partial charge on any atom is -0.478 e.